The van der Waals surface area contributed by atoms with Gasteiger partial charge in [-0.2, -0.15) is 8.42 Å². The lowest BCUT2D eigenvalue weighted by Gasteiger charge is -2.39. The predicted octanol–water partition coefficient (Wildman–Crippen LogP) is 2.25. The largest absolute Gasteiger partial charge is 0.467 e. The quantitative estimate of drug-likeness (QED) is 0.534. The highest BCUT2D eigenvalue weighted by atomic mass is 32.2. The molecule has 9 heteroatoms. The van der Waals surface area contributed by atoms with E-state index in [2.05, 4.69) is 0 Å². The van der Waals surface area contributed by atoms with Gasteiger partial charge < -0.3 is 9.47 Å². The van der Waals surface area contributed by atoms with Crippen LogP contribution in [-0.4, -0.2) is 58.3 Å². The number of benzene rings is 1. The van der Waals surface area contributed by atoms with Crippen molar-refractivity contribution in [2.45, 2.75) is 49.6 Å². The summed E-state index contributed by atoms with van der Waals surface area (Å²) in [7, 11) is -1.38. The van der Waals surface area contributed by atoms with Crippen LogP contribution in [0, 0.1) is 6.92 Å². The fourth-order valence-corrected chi connectivity index (χ4v) is 4.10. The Kier molecular flexibility index (Phi) is 7.20. The summed E-state index contributed by atoms with van der Waals surface area (Å²) < 4.78 is 39.2. The molecule has 0 unspecified atom stereocenters. The maximum Gasteiger partial charge on any atom is 0.410 e. The van der Waals surface area contributed by atoms with Crippen molar-refractivity contribution < 1.29 is 31.7 Å². The molecule has 1 aliphatic heterocycles. The molecular formula is C18H25NO7S. The van der Waals surface area contributed by atoms with E-state index in [-0.39, 0.29) is 24.0 Å². The molecule has 0 aliphatic carbocycles. The van der Waals surface area contributed by atoms with Crippen molar-refractivity contribution in [1.29, 1.82) is 0 Å². The number of aryl methyl sites for hydroxylation is 1. The van der Waals surface area contributed by atoms with Gasteiger partial charge in [-0.3, -0.25) is 9.08 Å². The number of carbonyl (C=O) groups excluding carboxylic acids is 2. The molecule has 0 saturated carbocycles. The molecule has 150 valence electrons. The molecule has 0 spiro atoms. The Morgan fingerprint density at radius 3 is 2.37 bits per heavy atom. The first kappa shape index (κ1) is 21.2. The second-order valence-electron chi connectivity index (χ2n) is 6.38. The van der Waals surface area contributed by atoms with Gasteiger partial charge in [-0.25, -0.2) is 9.59 Å². The first-order chi connectivity index (χ1) is 12.8. The van der Waals surface area contributed by atoms with Crippen LogP contribution in [0.2, 0.25) is 0 Å². The summed E-state index contributed by atoms with van der Waals surface area (Å²) in [5.41, 5.74) is 0.943. The highest BCUT2D eigenvalue weighted by Crippen LogP contribution is 2.27. The van der Waals surface area contributed by atoms with Crippen LogP contribution in [0.1, 0.15) is 31.2 Å². The van der Waals surface area contributed by atoms with Gasteiger partial charge in [0.25, 0.3) is 10.1 Å². The number of amides is 1. The zero-order chi connectivity index (χ0) is 20.0. The summed E-state index contributed by atoms with van der Waals surface area (Å²) in [6.45, 7) is 1.75. The molecule has 1 saturated heterocycles. The van der Waals surface area contributed by atoms with Crippen molar-refractivity contribution in [3.63, 3.8) is 0 Å². The number of methoxy groups -OCH3 is 2. The molecule has 8 nitrogen and oxygen atoms in total. The molecular weight excluding hydrogens is 374 g/mol. The van der Waals surface area contributed by atoms with Crippen LogP contribution in [0.3, 0.4) is 0 Å². The van der Waals surface area contributed by atoms with Crippen LogP contribution in [-0.2, 0) is 28.6 Å². The number of carbonyl (C=O) groups is 2. The second kappa shape index (κ2) is 9.18. The SMILES string of the molecule is COC(=O)[C@H]1CCC[C@@H](CCOS(=O)(=O)c2ccc(C)cc2)N1C(=O)OC. The second-order valence-corrected chi connectivity index (χ2v) is 7.99. The molecule has 1 aliphatic rings. The summed E-state index contributed by atoms with van der Waals surface area (Å²) in [6, 6.07) is 5.24. The van der Waals surface area contributed by atoms with E-state index >= 15 is 0 Å². The van der Waals surface area contributed by atoms with Gasteiger partial charge in [0, 0.05) is 6.04 Å². The Labute approximate surface area is 159 Å². The van der Waals surface area contributed by atoms with E-state index < -0.39 is 28.2 Å². The molecule has 27 heavy (non-hydrogen) atoms. The molecule has 0 bridgehead atoms. The average molecular weight is 399 g/mol. The standard InChI is InChI=1S/C18H25NO7S/c1-13-7-9-15(10-8-13)27(22,23)26-12-11-14-5-4-6-16(17(20)24-2)19(14)18(21)25-3/h7-10,14,16H,4-6,11-12H2,1-3H3/t14-,16+/m0/s1. The van der Waals surface area contributed by atoms with Crippen molar-refractivity contribution in [3.8, 4) is 0 Å². The molecule has 0 N–H and O–H groups in total. The summed E-state index contributed by atoms with van der Waals surface area (Å²) >= 11 is 0. The average Bonchev–Trinajstić information content (AvgIpc) is 2.66. The van der Waals surface area contributed by atoms with Crippen molar-refractivity contribution in [3.05, 3.63) is 29.8 Å². The minimum atomic E-state index is -3.88. The molecule has 1 amide bonds. The lowest BCUT2D eigenvalue weighted by molar-refractivity contribution is -0.148. The number of hydrogen-bond acceptors (Lipinski definition) is 7. The normalized spacial score (nSPS) is 20.2. The molecule has 1 heterocycles. The van der Waals surface area contributed by atoms with E-state index in [0.29, 0.717) is 19.3 Å². The first-order valence-electron chi connectivity index (χ1n) is 8.70. The van der Waals surface area contributed by atoms with E-state index in [1.54, 1.807) is 12.1 Å². The molecule has 2 rings (SSSR count). The topological polar surface area (TPSA) is 99.2 Å². The van der Waals surface area contributed by atoms with Crippen LogP contribution in [0.25, 0.3) is 0 Å². The fourth-order valence-electron chi connectivity index (χ4n) is 3.18. The number of ether oxygens (including phenoxy) is 2. The van der Waals surface area contributed by atoms with Gasteiger partial charge in [0.15, 0.2) is 0 Å². The summed E-state index contributed by atoms with van der Waals surface area (Å²) in [5, 5.41) is 0. The van der Waals surface area contributed by atoms with Gasteiger partial charge >= 0.3 is 12.1 Å². The van der Waals surface area contributed by atoms with Gasteiger partial charge in [0.1, 0.15) is 6.04 Å². The Bertz CT molecular complexity index is 760. The Hall–Kier alpha value is -2.13. The van der Waals surface area contributed by atoms with Gasteiger partial charge in [-0.05, 0) is 44.7 Å². The molecule has 0 radical (unpaired) electrons. The minimum Gasteiger partial charge on any atom is -0.467 e. The predicted molar refractivity (Wildman–Crippen MR) is 96.6 cm³/mol. The highest BCUT2D eigenvalue weighted by Gasteiger charge is 2.39. The van der Waals surface area contributed by atoms with Crippen molar-refractivity contribution >= 4 is 22.2 Å². The van der Waals surface area contributed by atoms with E-state index in [1.165, 1.54) is 31.3 Å². The van der Waals surface area contributed by atoms with Crippen molar-refractivity contribution in [2.24, 2.45) is 0 Å². The third-order valence-electron chi connectivity index (χ3n) is 4.60. The highest BCUT2D eigenvalue weighted by molar-refractivity contribution is 7.86. The van der Waals surface area contributed by atoms with E-state index in [1.807, 2.05) is 6.92 Å². The van der Waals surface area contributed by atoms with Crippen LogP contribution in [0.15, 0.2) is 29.2 Å². The molecule has 1 fully saturated rings. The Morgan fingerprint density at radius 1 is 1.11 bits per heavy atom. The van der Waals surface area contributed by atoms with Crippen molar-refractivity contribution in [2.75, 3.05) is 20.8 Å². The Morgan fingerprint density at radius 2 is 1.78 bits per heavy atom. The number of esters is 1. The summed E-state index contributed by atoms with van der Waals surface area (Å²) in [4.78, 5) is 25.6. The molecule has 1 aromatic rings. The summed E-state index contributed by atoms with van der Waals surface area (Å²) in [6.07, 6.45) is 1.42. The lowest BCUT2D eigenvalue weighted by atomic mass is 9.94. The number of nitrogens with zero attached hydrogens (tertiary/aromatic N) is 1. The van der Waals surface area contributed by atoms with E-state index in [9.17, 15) is 18.0 Å². The fraction of sp³-hybridized carbons (Fsp3) is 0.556. The third-order valence-corrected chi connectivity index (χ3v) is 5.93. The maximum absolute atomic E-state index is 12.3. The van der Waals surface area contributed by atoms with Crippen LogP contribution in [0.4, 0.5) is 4.79 Å². The van der Waals surface area contributed by atoms with E-state index in [4.69, 9.17) is 13.7 Å². The molecule has 0 aromatic heterocycles. The lowest BCUT2D eigenvalue weighted by Crippen LogP contribution is -2.54. The smallest absolute Gasteiger partial charge is 0.410 e. The maximum atomic E-state index is 12.3. The van der Waals surface area contributed by atoms with Crippen LogP contribution in [0.5, 0.6) is 0 Å². The number of hydrogen-bond donors (Lipinski definition) is 0. The molecule has 1 aromatic carbocycles. The zero-order valence-electron chi connectivity index (χ0n) is 15.7. The first-order valence-corrected chi connectivity index (χ1v) is 10.1. The number of piperidine rings is 1. The van der Waals surface area contributed by atoms with Gasteiger partial charge in [-0.15, -0.1) is 0 Å². The van der Waals surface area contributed by atoms with Gasteiger partial charge in [0.05, 0.1) is 25.7 Å². The zero-order valence-corrected chi connectivity index (χ0v) is 16.5. The third kappa shape index (κ3) is 5.20. The number of likely N-dealkylation sites (tertiary alicyclic amines) is 1. The monoisotopic (exact) mass is 399 g/mol. The Balaban J connectivity index is 2.04. The molecule has 2 atom stereocenters. The summed E-state index contributed by atoms with van der Waals surface area (Å²) in [5.74, 6) is -0.515. The number of rotatable bonds is 6. The van der Waals surface area contributed by atoms with E-state index in [0.717, 1.165) is 5.56 Å². The minimum absolute atomic E-state index is 0.0778. The van der Waals surface area contributed by atoms with Crippen LogP contribution < -0.4 is 0 Å². The van der Waals surface area contributed by atoms with Crippen molar-refractivity contribution in [1.82, 2.24) is 4.90 Å². The van der Waals surface area contributed by atoms with Crippen LogP contribution >= 0.6 is 0 Å². The van der Waals surface area contributed by atoms with Gasteiger partial charge in [0.2, 0.25) is 0 Å². The van der Waals surface area contributed by atoms with Gasteiger partial charge in [-0.1, -0.05) is 17.7 Å².